The Morgan fingerprint density at radius 1 is 0.971 bits per heavy atom. The number of hydrogen-bond donors (Lipinski definition) is 0. The van der Waals surface area contributed by atoms with Crippen LogP contribution in [0.3, 0.4) is 0 Å². The molecule has 4 aliphatic carbocycles. The second kappa shape index (κ2) is 9.52. The summed E-state index contributed by atoms with van der Waals surface area (Å²) >= 11 is 0. The average molecular weight is 485 g/mol. The Kier molecular flexibility index (Phi) is 7.11. The molecule has 5 heteroatoms. The number of unbranched alkanes of at least 4 members (excludes halogenated alkanes) is 2. The first-order valence-electron chi connectivity index (χ1n) is 13.8. The summed E-state index contributed by atoms with van der Waals surface area (Å²) in [5.74, 6) is 0.727. The summed E-state index contributed by atoms with van der Waals surface area (Å²) in [5, 5.41) is 0. The second-order valence-corrected chi connectivity index (χ2v) is 12.1. The molecule has 0 aromatic heterocycles. The summed E-state index contributed by atoms with van der Waals surface area (Å²) in [6.07, 6.45) is 13.0. The fourth-order valence-electron chi connectivity index (χ4n) is 8.44. The number of ether oxygens (including phenoxy) is 2. The van der Waals surface area contributed by atoms with Gasteiger partial charge in [-0.15, -0.1) is 0 Å². The molecule has 0 radical (unpaired) electrons. The van der Waals surface area contributed by atoms with Crippen LogP contribution in [-0.2, 0) is 23.9 Å². The third kappa shape index (κ3) is 4.21. The zero-order valence-electron chi connectivity index (χ0n) is 22.6. The zero-order valence-corrected chi connectivity index (χ0v) is 22.6. The van der Waals surface area contributed by atoms with Crippen molar-refractivity contribution in [1.29, 1.82) is 0 Å². The molecule has 194 valence electrons. The number of fused-ring (bicyclic) bond motifs is 5. The highest BCUT2D eigenvalue weighted by Crippen LogP contribution is 2.68. The van der Waals surface area contributed by atoms with Crippen LogP contribution in [0.5, 0.6) is 0 Å². The minimum absolute atomic E-state index is 0.00925. The lowest BCUT2D eigenvalue weighted by atomic mass is 9.47. The van der Waals surface area contributed by atoms with Gasteiger partial charge < -0.3 is 9.47 Å². The lowest BCUT2D eigenvalue weighted by Gasteiger charge is -2.58. The van der Waals surface area contributed by atoms with Gasteiger partial charge in [0.2, 0.25) is 0 Å². The molecule has 0 amide bonds. The number of Topliss-reactive ketones (excluding diaryl/α,β-unsaturated/α-hetero) is 1. The minimum atomic E-state index is -1.00. The Hall–Kier alpha value is -1.91. The minimum Gasteiger partial charge on any atom is -0.458 e. The fraction of sp³-hybridized carbons (Fsp3) is 0.767. The molecule has 0 aliphatic heterocycles. The Labute approximate surface area is 211 Å². The highest BCUT2D eigenvalue weighted by Gasteiger charge is 2.67. The van der Waals surface area contributed by atoms with Gasteiger partial charge in [-0.25, -0.2) is 0 Å². The van der Waals surface area contributed by atoms with Crippen molar-refractivity contribution in [2.24, 2.45) is 28.6 Å². The van der Waals surface area contributed by atoms with Crippen LogP contribution >= 0.6 is 0 Å². The van der Waals surface area contributed by atoms with Crippen LogP contribution in [0.2, 0.25) is 0 Å². The van der Waals surface area contributed by atoms with Gasteiger partial charge >= 0.3 is 11.9 Å². The van der Waals surface area contributed by atoms with Crippen molar-refractivity contribution < 1.29 is 23.9 Å². The van der Waals surface area contributed by atoms with Crippen LogP contribution in [0, 0.1) is 28.6 Å². The molecule has 0 unspecified atom stereocenters. The highest BCUT2D eigenvalue weighted by molar-refractivity contribution is 5.89. The van der Waals surface area contributed by atoms with Gasteiger partial charge in [0.25, 0.3) is 0 Å². The largest absolute Gasteiger partial charge is 0.458 e. The first kappa shape index (κ1) is 26.2. The van der Waals surface area contributed by atoms with Gasteiger partial charge in [0.05, 0.1) is 0 Å². The van der Waals surface area contributed by atoms with Crippen LogP contribution in [0.15, 0.2) is 23.3 Å². The van der Waals surface area contributed by atoms with E-state index in [2.05, 4.69) is 39.8 Å². The summed E-state index contributed by atoms with van der Waals surface area (Å²) in [4.78, 5) is 37.6. The summed E-state index contributed by atoms with van der Waals surface area (Å²) in [6.45, 7) is 12.0. The number of allylic oxidation sites excluding steroid dienone is 3. The van der Waals surface area contributed by atoms with Crippen molar-refractivity contribution >= 4 is 17.7 Å². The van der Waals surface area contributed by atoms with Gasteiger partial charge in [-0.1, -0.05) is 45.3 Å². The van der Waals surface area contributed by atoms with Crippen molar-refractivity contribution in [3.8, 4) is 0 Å². The molecule has 4 rings (SSSR count). The molecule has 5 nitrogen and oxygen atoms in total. The lowest BCUT2D eigenvalue weighted by Crippen LogP contribution is -2.58. The van der Waals surface area contributed by atoms with Crippen molar-refractivity contribution in [2.45, 2.75) is 117 Å². The molecule has 2 saturated carbocycles. The molecule has 7 atom stereocenters. The predicted octanol–water partition coefficient (Wildman–Crippen LogP) is 6.50. The van der Waals surface area contributed by atoms with Crippen LogP contribution in [0.25, 0.3) is 0 Å². The van der Waals surface area contributed by atoms with Crippen LogP contribution in [-0.4, -0.2) is 29.4 Å². The Bertz CT molecular complexity index is 946. The first-order chi connectivity index (χ1) is 16.5. The maximum Gasteiger partial charge on any atom is 0.306 e. The Morgan fingerprint density at radius 3 is 2.34 bits per heavy atom. The molecule has 0 aromatic carbocycles. The molecular weight excluding hydrogens is 440 g/mol. The van der Waals surface area contributed by atoms with Crippen LogP contribution in [0.1, 0.15) is 106 Å². The standard InChI is InChI=1S/C30H44O5/c1-7-8-9-10-27(33)35-30(20(3)31)16-13-25-23-17-19(2)26-18-22(34-21(4)32)11-14-28(26,5)24(23)12-15-29(25,30)6/h17-18,22-25H,7-16H2,1-6H3/t22-,23+,24+,25+,28+,29-,30-/m0/s1. The van der Waals surface area contributed by atoms with Crippen molar-refractivity contribution in [1.82, 2.24) is 0 Å². The monoisotopic (exact) mass is 484 g/mol. The number of carbonyl (C=O) groups is 3. The average Bonchev–Trinajstić information content (AvgIpc) is 3.08. The summed E-state index contributed by atoms with van der Waals surface area (Å²) in [7, 11) is 0. The number of esters is 2. The highest BCUT2D eigenvalue weighted by atomic mass is 16.6. The molecule has 0 bridgehead atoms. The van der Waals surface area contributed by atoms with E-state index in [1.54, 1.807) is 6.92 Å². The quantitative estimate of drug-likeness (QED) is 0.305. The molecular formula is C30H44O5. The molecule has 35 heavy (non-hydrogen) atoms. The van der Waals surface area contributed by atoms with Gasteiger partial charge in [-0.2, -0.15) is 0 Å². The summed E-state index contributed by atoms with van der Waals surface area (Å²) < 4.78 is 11.8. The van der Waals surface area contributed by atoms with Gasteiger partial charge in [-0.3, -0.25) is 14.4 Å². The third-order valence-electron chi connectivity index (χ3n) is 10.2. The molecule has 0 N–H and O–H groups in total. The van der Waals surface area contributed by atoms with E-state index in [9.17, 15) is 14.4 Å². The number of ketones is 1. The normalized spacial score (nSPS) is 39.9. The van der Waals surface area contributed by atoms with Crippen molar-refractivity contribution in [3.05, 3.63) is 23.3 Å². The first-order valence-corrected chi connectivity index (χ1v) is 13.8. The SMILES string of the molecule is CCCCCC(=O)O[C@]1(C(C)=O)CC[C@@H]2[C@@H]3C=C(C)C4=C[C@@H](OC(C)=O)CC[C@]4(C)[C@@H]3CC[C@@]21C. The molecule has 0 saturated heterocycles. The number of hydrogen-bond acceptors (Lipinski definition) is 5. The van der Waals surface area contributed by atoms with Crippen LogP contribution < -0.4 is 0 Å². The summed E-state index contributed by atoms with van der Waals surface area (Å²) in [6, 6.07) is 0. The maximum atomic E-state index is 13.2. The lowest BCUT2D eigenvalue weighted by molar-refractivity contribution is -0.187. The van der Waals surface area contributed by atoms with Gasteiger partial charge in [0.1, 0.15) is 6.10 Å². The van der Waals surface area contributed by atoms with E-state index in [0.29, 0.717) is 30.6 Å². The van der Waals surface area contributed by atoms with E-state index < -0.39 is 5.60 Å². The number of rotatable bonds is 7. The molecule has 0 spiro atoms. The number of carbonyl (C=O) groups excluding carboxylic acids is 3. The van der Waals surface area contributed by atoms with E-state index >= 15 is 0 Å². The second-order valence-electron chi connectivity index (χ2n) is 12.1. The van der Waals surface area contributed by atoms with Crippen LogP contribution in [0.4, 0.5) is 0 Å². The molecule has 4 aliphatic rings. The Balaban J connectivity index is 1.64. The van der Waals surface area contributed by atoms with E-state index in [-0.39, 0.29) is 34.7 Å². The van der Waals surface area contributed by atoms with Crippen molar-refractivity contribution in [2.75, 3.05) is 0 Å². The van der Waals surface area contributed by atoms with E-state index in [1.165, 1.54) is 18.1 Å². The predicted molar refractivity (Wildman–Crippen MR) is 135 cm³/mol. The third-order valence-corrected chi connectivity index (χ3v) is 10.2. The van der Waals surface area contributed by atoms with E-state index in [4.69, 9.17) is 9.47 Å². The smallest absolute Gasteiger partial charge is 0.306 e. The fourth-order valence-corrected chi connectivity index (χ4v) is 8.44. The molecule has 0 aromatic rings. The maximum absolute atomic E-state index is 13.2. The summed E-state index contributed by atoms with van der Waals surface area (Å²) in [5.41, 5.74) is 1.30. The topological polar surface area (TPSA) is 69.7 Å². The van der Waals surface area contributed by atoms with E-state index in [0.717, 1.165) is 51.4 Å². The van der Waals surface area contributed by atoms with Gasteiger partial charge in [-0.05, 0) is 93.6 Å². The molecule has 0 heterocycles. The van der Waals surface area contributed by atoms with Gasteiger partial charge in [0.15, 0.2) is 11.4 Å². The zero-order chi connectivity index (χ0) is 25.6. The molecule has 2 fully saturated rings. The van der Waals surface area contributed by atoms with Crippen molar-refractivity contribution in [3.63, 3.8) is 0 Å². The van der Waals surface area contributed by atoms with Gasteiger partial charge in [0, 0.05) is 18.8 Å². The Morgan fingerprint density at radius 2 is 1.69 bits per heavy atom. The van der Waals surface area contributed by atoms with E-state index in [1.807, 2.05) is 0 Å².